The number of H-pyrrole nitrogens is 1. The minimum absolute atomic E-state index is 0.300. The Morgan fingerprint density at radius 1 is 1.36 bits per heavy atom. The van der Waals surface area contributed by atoms with Gasteiger partial charge in [-0.3, -0.25) is 9.89 Å². The van der Waals surface area contributed by atoms with Gasteiger partial charge in [0.1, 0.15) is 5.69 Å². The van der Waals surface area contributed by atoms with Gasteiger partial charge in [0.25, 0.3) is 5.91 Å². The SMILES string of the molecule is CCc1[nH]nc(NC(=O)c2cccc(-n3cccn3)n2)c1C. The molecule has 0 aliphatic carbocycles. The highest BCUT2D eigenvalue weighted by Crippen LogP contribution is 2.16. The van der Waals surface area contributed by atoms with Gasteiger partial charge in [-0.2, -0.15) is 10.2 Å². The molecule has 0 atom stereocenters. The fourth-order valence-electron chi connectivity index (χ4n) is 2.15. The zero-order valence-corrected chi connectivity index (χ0v) is 12.4. The Morgan fingerprint density at radius 3 is 2.91 bits per heavy atom. The van der Waals surface area contributed by atoms with Gasteiger partial charge in [-0.1, -0.05) is 13.0 Å². The fourth-order valence-corrected chi connectivity index (χ4v) is 2.15. The van der Waals surface area contributed by atoms with Gasteiger partial charge < -0.3 is 5.32 Å². The number of nitrogens with zero attached hydrogens (tertiary/aromatic N) is 4. The van der Waals surface area contributed by atoms with Crippen molar-refractivity contribution in [2.75, 3.05) is 5.32 Å². The summed E-state index contributed by atoms with van der Waals surface area (Å²) in [6.07, 6.45) is 4.27. The maximum absolute atomic E-state index is 12.3. The maximum atomic E-state index is 12.3. The predicted octanol–water partition coefficient (Wildman–Crippen LogP) is 2.11. The second-order valence-corrected chi connectivity index (χ2v) is 4.82. The number of carbonyl (C=O) groups is 1. The molecule has 0 unspecified atom stereocenters. The van der Waals surface area contributed by atoms with Crippen molar-refractivity contribution < 1.29 is 4.79 Å². The van der Waals surface area contributed by atoms with E-state index in [-0.39, 0.29) is 5.91 Å². The molecule has 0 spiro atoms. The van der Waals surface area contributed by atoms with Gasteiger partial charge in [0.2, 0.25) is 0 Å². The summed E-state index contributed by atoms with van der Waals surface area (Å²) < 4.78 is 1.60. The van der Waals surface area contributed by atoms with Gasteiger partial charge in [0, 0.05) is 23.7 Å². The second kappa shape index (κ2) is 5.80. The van der Waals surface area contributed by atoms with E-state index in [4.69, 9.17) is 0 Å². The van der Waals surface area contributed by atoms with E-state index < -0.39 is 0 Å². The van der Waals surface area contributed by atoms with Crippen LogP contribution in [0.4, 0.5) is 5.82 Å². The third-order valence-corrected chi connectivity index (χ3v) is 3.40. The van der Waals surface area contributed by atoms with Crippen LogP contribution < -0.4 is 5.32 Å². The summed E-state index contributed by atoms with van der Waals surface area (Å²) >= 11 is 0. The van der Waals surface area contributed by atoms with E-state index in [2.05, 4.69) is 25.6 Å². The maximum Gasteiger partial charge on any atom is 0.275 e. The molecule has 2 N–H and O–H groups in total. The molecule has 0 aromatic carbocycles. The van der Waals surface area contributed by atoms with Crippen LogP contribution in [-0.4, -0.2) is 30.9 Å². The van der Waals surface area contributed by atoms with Crippen LogP contribution in [0.2, 0.25) is 0 Å². The van der Waals surface area contributed by atoms with Crippen molar-refractivity contribution in [3.63, 3.8) is 0 Å². The molecule has 0 saturated carbocycles. The summed E-state index contributed by atoms with van der Waals surface area (Å²) in [5, 5.41) is 13.9. The molecule has 0 aliphatic rings. The average molecular weight is 296 g/mol. The second-order valence-electron chi connectivity index (χ2n) is 4.82. The lowest BCUT2D eigenvalue weighted by Gasteiger charge is -2.05. The van der Waals surface area contributed by atoms with Gasteiger partial charge in [-0.15, -0.1) is 0 Å². The molecule has 22 heavy (non-hydrogen) atoms. The molecular weight excluding hydrogens is 280 g/mol. The molecule has 3 aromatic rings. The zero-order valence-electron chi connectivity index (χ0n) is 12.4. The lowest BCUT2D eigenvalue weighted by Crippen LogP contribution is -2.15. The zero-order chi connectivity index (χ0) is 15.5. The Balaban J connectivity index is 1.83. The van der Waals surface area contributed by atoms with Crippen LogP contribution >= 0.6 is 0 Å². The third-order valence-electron chi connectivity index (χ3n) is 3.40. The lowest BCUT2D eigenvalue weighted by molar-refractivity contribution is 0.102. The summed E-state index contributed by atoms with van der Waals surface area (Å²) in [7, 11) is 0. The Labute approximate surface area is 127 Å². The molecule has 7 heteroatoms. The van der Waals surface area contributed by atoms with Crippen LogP contribution in [0.15, 0.2) is 36.7 Å². The number of amides is 1. The summed E-state index contributed by atoms with van der Waals surface area (Å²) in [6, 6.07) is 7.02. The molecule has 7 nitrogen and oxygen atoms in total. The Morgan fingerprint density at radius 2 is 2.23 bits per heavy atom. The number of rotatable bonds is 4. The highest BCUT2D eigenvalue weighted by Gasteiger charge is 2.14. The predicted molar refractivity (Wildman–Crippen MR) is 82.0 cm³/mol. The van der Waals surface area contributed by atoms with E-state index >= 15 is 0 Å². The quantitative estimate of drug-likeness (QED) is 0.771. The number of carbonyl (C=O) groups excluding carboxylic acids is 1. The van der Waals surface area contributed by atoms with Crippen LogP contribution in [0.5, 0.6) is 0 Å². The molecule has 0 aliphatic heterocycles. The molecule has 112 valence electrons. The minimum Gasteiger partial charge on any atom is -0.303 e. The Kier molecular flexibility index (Phi) is 3.69. The molecule has 3 aromatic heterocycles. The Bertz CT molecular complexity index is 790. The number of hydrogen-bond donors (Lipinski definition) is 2. The molecule has 3 heterocycles. The number of aromatic amines is 1. The van der Waals surface area contributed by atoms with E-state index in [9.17, 15) is 4.79 Å². The number of aromatic nitrogens is 5. The first-order chi connectivity index (χ1) is 10.7. The smallest absolute Gasteiger partial charge is 0.275 e. The van der Waals surface area contributed by atoms with Crippen molar-refractivity contribution in [2.24, 2.45) is 0 Å². The molecular formula is C15H16N6O. The normalized spacial score (nSPS) is 10.6. The highest BCUT2D eigenvalue weighted by atomic mass is 16.2. The number of hydrogen-bond acceptors (Lipinski definition) is 4. The Hall–Kier alpha value is -2.96. The summed E-state index contributed by atoms with van der Waals surface area (Å²) in [5.41, 5.74) is 2.26. The largest absolute Gasteiger partial charge is 0.303 e. The van der Waals surface area contributed by atoms with Crippen molar-refractivity contribution in [3.8, 4) is 5.82 Å². The molecule has 3 rings (SSSR count). The van der Waals surface area contributed by atoms with Crippen molar-refractivity contribution in [1.82, 2.24) is 25.0 Å². The van der Waals surface area contributed by atoms with Crippen LogP contribution in [0, 0.1) is 6.92 Å². The van der Waals surface area contributed by atoms with E-state index in [1.807, 2.05) is 13.8 Å². The summed E-state index contributed by atoms with van der Waals surface area (Å²) in [5.74, 6) is 0.824. The van der Waals surface area contributed by atoms with Gasteiger partial charge in [0.05, 0.1) is 0 Å². The van der Waals surface area contributed by atoms with Crippen LogP contribution in [0.25, 0.3) is 5.82 Å². The third kappa shape index (κ3) is 2.60. The molecule has 0 fully saturated rings. The van der Waals surface area contributed by atoms with Gasteiger partial charge >= 0.3 is 0 Å². The molecule has 0 radical (unpaired) electrons. The van der Waals surface area contributed by atoms with Crippen LogP contribution in [-0.2, 0) is 6.42 Å². The first-order valence-corrected chi connectivity index (χ1v) is 7.01. The van der Waals surface area contributed by atoms with Crippen molar-refractivity contribution >= 4 is 11.7 Å². The van der Waals surface area contributed by atoms with E-state index in [0.717, 1.165) is 17.7 Å². The minimum atomic E-state index is -0.300. The standard InChI is InChI=1S/C15H16N6O/c1-3-11-10(2)14(20-19-11)18-15(22)12-6-4-7-13(17-12)21-9-5-8-16-21/h4-9H,3H2,1-2H3,(H2,18,19,20,22). The fraction of sp³-hybridized carbons (Fsp3) is 0.200. The van der Waals surface area contributed by atoms with E-state index in [1.54, 1.807) is 41.3 Å². The lowest BCUT2D eigenvalue weighted by atomic mass is 10.2. The van der Waals surface area contributed by atoms with Crippen molar-refractivity contribution in [1.29, 1.82) is 0 Å². The molecule has 0 saturated heterocycles. The number of aryl methyl sites for hydroxylation is 1. The number of anilines is 1. The average Bonchev–Trinajstić information content (AvgIpc) is 3.18. The van der Waals surface area contributed by atoms with Crippen molar-refractivity contribution in [2.45, 2.75) is 20.3 Å². The van der Waals surface area contributed by atoms with Gasteiger partial charge in [-0.25, -0.2) is 9.67 Å². The monoisotopic (exact) mass is 296 g/mol. The first kappa shape index (κ1) is 14.0. The topological polar surface area (TPSA) is 88.5 Å². The van der Waals surface area contributed by atoms with Crippen LogP contribution in [0.3, 0.4) is 0 Å². The van der Waals surface area contributed by atoms with E-state index in [1.165, 1.54) is 0 Å². The van der Waals surface area contributed by atoms with Gasteiger partial charge in [0.15, 0.2) is 11.6 Å². The first-order valence-electron chi connectivity index (χ1n) is 7.01. The van der Waals surface area contributed by atoms with Crippen LogP contribution in [0.1, 0.15) is 28.7 Å². The number of nitrogens with one attached hydrogen (secondary N) is 2. The molecule has 1 amide bonds. The van der Waals surface area contributed by atoms with Crippen molar-refractivity contribution in [3.05, 3.63) is 53.6 Å². The molecule has 0 bridgehead atoms. The summed E-state index contributed by atoms with van der Waals surface area (Å²) in [6.45, 7) is 3.95. The van der Waals surface area contributed by atoms with E-state index in [0.29, 0.717) is 17.3 Å². The summed E-state index contributed by atoms with van der Waals surface area (Å²) in [4.78, 5) is 16.6. The van der Waals surface area contributed by atoms with Gasteiger partial charge in [-0.05, 0) is 31.5 Å². The highest BCUT2D eigenvalue weighted by molar-refractivity contribution is 6.02. The number of pyridine rings is 1.